The van der Waals surface area contributed by atoms with Crippen LogP contribution in [0.1, 0.15) is 37.6 Å². The summed E-state index contributed by atoms with van der Waals surface area (Å²) in [6.45, 7) is 5.35. The Morgan fingerprint density at radius 1 is 1.35 bits per heavy atom. The quantitative estimate of drug-likeness (QED) is 0.767. The predicted molar refractivity (Wildman–Crippen MR) is 88.1 cm³/mol. The molecule has 0 N–H and O–H groups in total. The molecular weight excluding hydrogens is 316 g/mol. The average molecular weight is 335 g/mol. The van der Waals surface area contributed by atoms with Crippen molar-refractivity contribution >= 4 is 17.4 Å². The van der Waals surface area contributed by atoms with Gasteiger partial charge in [-0.2, -0.15) is 10.2 Å². The molecule has 1 aromatic heterocycles. The van der Waals surface area contributed by atoms with Gasteiger partial charge in [0.1, 0.15) is 29.9 Å². The third-order valence-corrected chi connectivity index (χ3v) is 3.52. The first-order chi connectivity index (χ1) is 11.0. The van der Waals surface area contributed by atoms with Crippen molar-refractivity contribution in [3.63, 3.8) is 0 Å². The van der Waals surface area contributed by atoms with Crippen LogP contribution in [0.5, 0.6) is 11.5 Å². The lowest BCUT2D eigenvalue weighted by Crippen LogP contribution is -2.10. The maximum Gasteiger partial charge on any atom is 0.167 e. The van der Waals surface area contributed by atoms with Crippen LogP contribution in [0.25, 0.3) is 0 Å². The highest BCUT2D eigenvalue weighted by Gasteiger charge is 2.16. The number of ether oxygens (including phenoxy) is 2. The van der Waals surface area contributed by atoms with Crippen molar-refractivity contribution < 1.29 is 14.3 Å². The second-order valence-electron chi connectivity index (χ2n) is 5.20. The summed E-state index contributed by atoms with van der Waals surface area (Å²) in [4.78, 5) is 11.1. The molecule has 0 bridgehead atoms. The van der Waals surface area contributed by atoms with Crippen LogP contribution in [0.15, 0.2) is 30.5 Å². The zero-order valence-electron chi connectivity index (χ0n) is 13.4. The number of nitrogens with zero attached hydrogens (tertiary/aromatic N) is 2. The lowest BCUT2D eigenvalue weighted by atomic mass is 10.1. The van der Waals surface area contributed by atoms with Gasteiger partial charge >= 0.3 is 0 Å². The molecule has 0 spiro atoms. The molecule has 2 aromatic rings. The third kappa shape index (κ3) is 4.66. The number of aryl methyl sites for hydroxylation is 1. The molecule has 6 heteroatoms. The van der Waals surface area contributed by atoms with Gasteiger partial charge < -0.3 is 9.47 Å². The van der Waals surface area contributed by atoms with Gasteiger partial charge in [0, 0.05) is 12.3 Å². The van der Waals surface area contributed by atoms with E-state index >= 15 is 0 Å². The first-order valence-corrected chi connectivity index (χ1v) is 7.75. The van der Waals surface area contributed by atoms with E-state index in [4.69, 9.17) is 21.1 Å². The van der Waals surface area contributed by atoms with Crippen LogP contribution >= 0.6 is 11.6 Å². The topological polar surface area (TPSA) is 61.3 Å². The van der Waals surface area contributed by atoms with Crippen LogP contribution in [0.2, 0.25) is 5.02 Å². The highest BCUT2D eigenvalue weighted by Crippen LogP contribution is 2.35. The Bertz CT molecular complexity index is 677. The fraction of sp³-hybridized carbons (Fsp3) is 0.353. The largest absolute Gasteiger partial charge is 0.485 e. The summed E-state index contributed by atoms with van der Waals surface area (Å²) in [5, 5.41) is 8.44. The zero-order chi connectivity index (χ0) is 16.8. The molecule has 0 radical (unpaired) electrons. The monoisotopic (exact) mass is 334 g/mol. The molecule has 0 amide bonds. The van der Waals surface area contributed by atoms with Crippen molar-refractivity contribution in [2.24, 2.45) is 0 Å². The summed E-state index contributed by atoms with van der Waals surface area (Å²) in [6.07, 6.45) is 2.07. The van der Waals surface area contributed by atoms with E-state index in [1.165, 1.54) is 6.92 Å². The molecule has 0 saturated heterocycles. The fourth-order valence-corrected chi connectivity index (χ4v) is 2.31. The average Bonchev–Trinajstić information content (AvgIpc) is 2.54. The lowest BCUT2D eigenvalue weighted by Gasteiger charge is -2.19. The summed E-state index contributed by atoms with van der Waals surface area (Å²) in [6, 6.07) is 7.14. The van der Waals surface area contributed by atoms with Gasteiger partial charge in [0.2, 0.25) is 0 Å². The van der Waals surface area contributed by atoms with Crippen molar-refractivity contribution in [2.45, 2.75) is 33.3 Å². The number of hydrogen-bond acceptors (Lipinski definition) is 5. The SMILES string of the molecule is CCC(Oc1cc(OCC(C)=O)c(C)cc1Cl)c1cccnn1. The van der Waals surface area contributed by atoms with Crippen LogP contribution in [0, 0.1) is 6.92 Å². The molecule has 1 aromatic carbocycles. The number of carbonyl (C=O) groups excluding carboxylic acids is 1. The molecule has 0 aliphatic carbocycles. The summed E-state index contributed by atoms with van der Waals surface area (Å²) in [5.74, 6) is 1.02. The second-order valence-corrected chi connectivity index (χ2v) is 5.61. The number of carbonyl (C=O) groups is 1. The number of ketones is 1. The maximum absolute atomic E-state index is 11.1. The van der Waals surface area contributed by atoms with Crippen molar-refractivity contribution in [2.75, 3.05) is 6.61 Å². The summed E-state index contributed by atoms with van der Waals surface area (Å²) in [5.41, 5.74) is 1.58. The van der Waals surface area contributed by atoms with Gasteiger partial charge in [0.15, 0.2) is 5.78 Å². The van der Waals surface area contributed by atoms with E-state index in [9.17, 15) is 4.79 Å². The maximum atomic E-state index is 11.1. The van der Waals surface area contributed by atoms with Gasteiger partial charge in [-0.15, -0.1) is 0 Å². The third-order valence-electron chi connectivity index (χ3n) is 3.22. The molecule has 23 heavy (non-hydrogen) atoms. The number of aromatic nitrogens is 2. The number of rotatable bonds is 7. The van der Waals surface area contributed by atoms with Crippen molar-refractivity contribution in [3.05, 3.63) is 46.7 Å². The number of Topliss-reactive ketones (excluding diaryl/α,β-unsaturated/α-hetero) is 1. The Morgan fingerprint density at radius 2 is 2.13 bits per heavy atom. The van der Waals surface area contributed by atoms with E-state index in [1.807, 2.05) is 26.0 Å². The van der Waals surface area contributed by atoms with Gasteiger partial charge in [0.25, 0.3) is 0 Å². The Morgan fingerprint density at radius 3 is 2.74 bits per heavy atom. The van der Waals surface area contributed by atoms with Gasteiger partial charge in [-0.1, -0.05) is 18.5 Å². The van der Waals surface area contributed by atoms with Crippen LogP contribution in [-0.4, -0.2) is 22.6 Å². The van der Waals surface area contributed by atoms with Crippen LogP contribution in [-0.2, 0) is 4.79 Å². The van der Waals surface area contributed by atoms with Gasteiger partial charge in [-0.25, -0.2) is 0 Å². The summed E-state index contributed by atoms with van der Waals surface area (Å²) in [7, 11) is 0. The van der Waals surface area contributed by atoms with Crippen LogP contribution in [0.4, 0.5) is 0 Å². The van der Waals surface area contributed by atoms with Gasteiger partial charge in [-0.05, 0) is 44.0 Å². The van der Waals surface area contributed by atoms with Crippen molar-refractivity contribution in [3.8, 4) is 11.5 Å². The Hall–Kier alpha value is -2.14. The Kier molecular flexibility index (Phi) is 5.93. The first kappa shape index (κ1) is 17.2. The minimum absolute atomic E-state index is 0.0171. The molecule has 0 aliphatic rings. The van der Waals surface area contributed by atoms with E-state index in [0.29, 0.717) is 22.9 Å². The zero-order valence-corrected chi connectivity index (χ0v) is 14.1. The second kappa shape index (κ2) is 7.92. The highest BCUT2D eigenvalue weighted by atomic mass is 35.5. The standard InChI is InChI=1S/C17H19ClN2O3/c1-4-15(14-6-5-7-19-20-14)23-17-9-16(22-10-12(3)21)11(2)8-13(17)18/h5-9,15H,4,10H2,1-3H3. The van der Waals surface area contributed by atoms with E-state index in [2.05, 4.69) is 10.2 Å². The van der Waals surface area contributed by atoms with Gasteiger partial charge in [0.05, 0.1) is 5.02 Å². The van der Waals surface area contributed by atoms with E-state index in [-0.39, 0.29) is 18.5 Å². The van der Waals surface area contributed by atoms with E-state index in [0.717, 1.165) is 11.3 Å². The van der Waals surface area contributed by atoms with Crippen LogP contribution < -0.4 is 9.47 Å². The normalized spacial score (nSPS) is 11.8. The molecule has 1 heterocycles. The molecule has 0 saturated carbocycles. The molecule has 1 atom stereocenters. The minimum atomic E-state index is -0.260. The van der Waals surface area contributed by atoms with Crippen molar-refractivity contribution in [1.82, 2.24) is 10.2 Å². The highest BCUT2D eigenvalue weighted by molar-refractivity contribution is 6.32. The Balaban J connectivity index is 2.24. The van der Waals surface area contributed by atoms with E-state index < -0.39 is 0 Å². The molecule has 0 aliphatic heterocycles. The smallest absolute Gasteiger partial charge is 0.167 e. The van der Waals surface area contributed by atoms with Crippen LogP contribution in [0.3, 0.4) is 0 Å². The predicted octanol–water partition coefficient (Wildman–Crippen LogP) is 3.94. The summed E-state index contributed by atoms with van der Waals surface area (Å²) < 4.78 is 11.5. The molecule has 5 nitrogen and oxygen atoms in total. The molecule has 2 rings (SSSR count). The molecule has 122 valence electrons. The lowest BCUT2D eigenvalue weighted by molar-refractivity contribution is -0.118. The van der Waals surface area contributed by atoms with Gasteiger partial charge in [-0.3, -0.25) is 4.79 Å². The molecular formula is C17H19ClN2O3. The number of benzene rings is 1. The number of hydrogen-bond donors (Lipinski definition) is 0. The first-order valence-electron chi connectivity index (χ1n) is 7.38. The minimum Gasteiger partial charge on any atom is -0.485 e. The molecule has 1 unspecified atom stereocenters. The van der Waals surface area contributed by atoms with E-state index in [1.54, 1.807) is 18.3 Å². The molecule has 0 fully saturated rings. The fourth-order valence-electron chi connectivity index (χ4n) is 2.05. The Labute approximate surface area is 140 Å². The summed E-state index contributed by atoms with van der Waals surface area (Å²) >= 11 is 6.27. The number of halogens is 1. The van der Waals surface area contributed by atoms with Crippen molar-refractivity contribution in [1.29, 1.82) is 0 Å².